The van der Waals surface area contributed by atoms with Crippen LogP contribution in [0, 0.1) is 0 Å². The van der Waals surface area contributed by atoms with Gasteiger partial charge in [0.1, 0.15) is 6.54 Å². The van der Waals surface area contributed by atoms with Crippen LogP contribution in [-0.2, 0) is 18.4 Å². The summed E-state index contributed by atoms with van der Waals surface area (Å²) in [6.45, 7) is 4.41. The average molecular weight is 435 g/mol. The Balaban J connectivity index is 1.70. The van der Waals surface area contributed by atoms with Gasteiger partial charge in [-0.3, -0.25) is 4.79 Å². The van der Waals surface area contributed by atoms with Gasteiger partial charge in [-0.2, -0.15) is 0 Å². The number of aromatic nitrogens is 1. The number of nitrogens with one attached hydrogen (secondary N) is 1. The third-order valence-electron chi connectivity index (χ3n) is 4.85. The van der Waals surface area contributed by atoms with Gasteiger partial charge in [0.2, 0.25) is 5.91 Å². The smallest absolute Gasteiger partial charge is 0.322 e. The van der Waals surface area contributed by atoms with Gasteiger partial charge in [-0.05, 0) is 37.1 Å². The molecule has 0 atom stereocenters. The van der Waals surface area contributed by atoms with Gasteiger partial charge < -0.3 is 19.7 Å². The molecule has 29 heavy (non-hydrogen) atoms. The maximum atomic E-state index is 13.0. The highest BCUT2D eigenvalue weighted by Gasteiger charge is 2.34. The molecule has 0 spiro atoms. The predicted octanol–water partition coefficient (Wildman–Crippen LogP) is 4.54. The van der Waals surface area contributed by atoms with Gasteiger partial charge in [-0.15, -0.1) is 6.58 Å². The third kappa shape index (κ3) is 5.34. The van der Waals surface area contributed by atoms with Gasteiger partial charge in [0, 0.05) is 31.5 Å². The van der Waals surface area contributed by atoms with Crippen LogP contribution in [0.25, 0.3) is 0 Å². The topological polar surface area (TPSA) is 57.6 Å². The molecule has 1 saturated carbocycles. The first-order valence-electron chi connectivity index (χ1n) is 9.41. The van der Waals surface area contributed by atoms with Crippen molar-refractivity contribution >= 4 is 40.8 Å². The fourth-order valence-corrected chi connectivity index (χ4v) is 3.41. The molecule has 1 N–H and O–H groups in total. The van der Waals surface area contributed by atoms with Crippen molar-refractivity contribution in [2.24, 2.45) is 7.05 Å². The maximum Gasteiger partial charge on any atom is 0.322 e. The van der Waals surface area contributed by atoms with E-state index in [1.165, 1.54) is 4.90 Å². The predicted molar refractivity (Wildman–Crippen MR) is 116 cm³/mol. The average Bonchev–Trinajstić information content (AvgIpc) is 3.45. The molecule has 1 aliphatic rings. The summed E-state index contributed by atoms with van der Waals surface area (Å²) < 4.78 is 2.00. The molecule has 0 saturated heterocycles. The molecule has 1 heterocycles. The van der Waals surface area contributed by atoms with Crippen LogP contribution in [0.4, 0.5) is 10.5 Å². The van der Waals surface area contributed by atoms with Crippen LogP contribution in [0.15, 0.2) is 49.2 Å². The summed E-state index contributed by atoms with van der Waals surface area (Å²) in [6.07, 6.45) is 5.52. The third-order valence-corrected chi connectivity index (χ3v) is 5.67. The lowest BCUT2D eigenvalue weighted by molar-refractivity contribution is -0.133. The minimum atomic E-state index is -0.433. The highest BCUT2D eigenvalue weighted by atomic mass is 35.5. The molecular weight excluding hydrogens is 411 g/mol. The Morgan fingerprint density at radius 2 is 2.03 bits per heavy atom. The van der Waals surface area contributed by atoms with Crippen LogP contribution in [0.2, 0.25) is 10.0 Å². The molecule has 1 aromatic carbocycles. The zero-order valence-electron chi connectivity index (χ0n) is 16.3. The second-order valence-electron chi connectivity index (χ2n) is 7.06. The van der Waals surface area contributed by atoms with E-state index in [1.54, 1.807) is 24.3 Å². The van der Waals surface area contributed by atoms with E-state index in [9.17, 15) is 9.59 Å². The molecule has 3 amide bonds. The number of carbonyl (C=O) groups excluding carboxylic acids is 2. The Morgan fingerprint density at radius 1 is 1.28 bits per heavy atom. The lowest BCUT2D eigenvalue weighted by Crippen LogP contribution is -2.45. The Morgan fingerprint density at radius 3 is 2.66 bits per heavy atom. The molecule has 3 rings (SSSR count). The van der Waals surface area contributed by atoms with Gasteiger partial charge in [0.05, 0.1) is 22.3 Å². The molecule has 0 unspecified atom stereocenters. The molecular formula is C21H24Cl2N4O2. The second-order valence-corrected chi connectivity index (χ2v) is 7.85. The van der Waals surface area contributed by atoms with Crippen molar-refractivity contribution in [3.63, 3.8) is 0 Å². The number of hydrogen-bond acceptors (Lipinski definition) is 2. The highest BCUT2D eigenvalue weighted by Crippen LogP contribution is 2.30. The number of carbonyl (C=O) groups is 2. The molecule has 1 aliphatic carbocycles. The number of amides is 3. The molecule has 6 nitrogen and oxygen atoms in total. The SMILES string of the molecule is C=CCN(CC(=O)N(Cc1cccn1C)C1CC1)C(=O)Nc1cccc(Cl)c1Cl. The quantitative estimate of drug-likeness (QED) is 0.619. The van der Waals surface area contributed by atoms with E-state index in [2.05, 4.69) is 11.9 Å². The molecule has 154 valence electrons. The number of nitrogens with zero attached hydrogens (tertiary/aromatic N) is 3. The van der Waals surface area contributed by atoms with E-state index in [0.29, 0.717) is 17.3 Å². The standard InChI is InChI=1S/C21H24Cl2N4O2/c1-3-11-26(21(29)24-18-8-4-7-17(22)20(18)23)14-19(28)27(15-9-10-15)13-16-6-5-12-25(16)2/h3-8,12,15H,1,9-11,13-14H2,2H3,(H,24,29). The monoisotopic (exact) mass is 434 g/mol. The lowest BCUT2D eigenvalue weighted by atomic mass is 10.3. The van der Waals surface area contributed by atoms with Crippen LogP contribution < -0.4 is 5.32 Å². The van der Waals surface area contributed by atoms with Crippen LogP contribution >= 0.6 is 23.2 Å². The van der Waals surface area contributed by atoms with Crippen LogP contribution in [0.1, 0.15) is 18.5 Å². The van der Waals surface area contributed by atoms with Crippen molar-refractivity contribution < 1.29 is 9.59 Å². The first-order valence-corrected chi connectivity index (χ1v) is 10.2. The van der Waals surface area contributed by atoms with Crippen molar-refractivity contribution in [1.29, 1.82) is 0 Å². The molecule has 1 aromatic heterocycles. The zero-order valence-corrected chi connectivity index (χ0v) is 17.8. The minimum Gasteiger partial charge on any atom is -0.353 e. The Hall–Kier alpha value is -2.44. The van der Waals surface area contributed by atoms with E-state index in [4.69, 9.17) is 23.2 Å². The van der Waals surface area contributed by atoms with E-state index >= 15 is 0 Å². The van der Waals surface area contributed by atoms with Gasteiger partial charge >= 0.3 is 6.03 Å². The number of rotatable bonds is 8. The molecule has 8 heteroatoms. The van der Waals surface area contributed by atoms with Crippen molar-refractivity contribution in [3.8, 4) is 0 Å². The second kappa shape index (κ2) is 9.37. The van der Waals surface area contributed by atoms with E-state index in [0.717, 1.165) is 18.5 Å². The number of hydrogen-bond donors (Lipinski definition) is 1. The number of urea groups is 1. The lowest BCUT2D eigenvalue weighted by Gasteiger charge is -2.27. The molecule has 1 fully saturated rings. The first kappa shape index (κ1) is 21.3. The first-order chi connectivity index (χ1) is 13.9. The zero-order chi connectivity index (χ0) is 21.0. The fraction of sp³-hybridized carbons (Fsp3) is 0.333. The number of benzene rings is 1. The molecule has 0 aliphatic heterocycles. The van der Waals surface area contributed by atoms with Crippen molar-refractivity contribution in [3.05, 3.63) is 64.9 Å². The summed E-state index contributed by atoms with van der Waals surface area (Å²) in [5, 5.41) is 3.33. The van der Waals surface area contributed by atoms with E-state index in [1.807, 2.05) is 34.8 Å². The van der Waals surface area contributed by atoms with Gasteiger partial charge in [-0.1, -0.05) is 35.3 Å². The number of anilines is 1. The van der Waals surface area contributed by atoms with E-state index < -0.39 is 6.03 Å². The van der Waals surface area contributed by atoms with Crippen LogP contribution in [-0.4, -0.2) is 45.4 Å². The maximum absolute atomic E-state index is 13.0. The Kier molecular flexibility index (Phi) is 6.87. The normalized spacial score (nSPS) is 13.1. The van der Waals surface area contributed by atoms with Crippen LogP contribution in [0.3, 0.4) is 0 Å². The van der Waals surface area contributed by atoms with Gasteiger partial charge in [-0.25, -0.2) is 4.79 Å². The fourth-order valence-electron chi connectivity index (χ4n) is 3.07. The van der Waals surface area contributed by atoms with Crippen molar-refractivity contribution in [1.82, 2.24) is 14.4 Å². The largest absolute Gasteiger partial charge is 0.353 e. The Labute approximate surface area is 180 Å². The number of halogens is 2. The van der Waals surface area contributed by atoms with Crippen molar-refractivity contribution in [2.75, 3.05) is 18.4 Å². The van der Waals surface area contributed by atoms with Gasteiger partial charge in [0.25, 0.3) is 0 Å². The number of aryl methyl sites for hydroxylation is 1. The minimum absolute atomic E-state index is 0.0447. The summed E-state index contributed by atoms with van der Waals surface area (Å²) in [7, 11) is 1.96. The highest BCUT2D eigenvalue weighted by molar-refractivity contribution is 6.43. The summed E-state index contributed by atoms with van der Waals surface area (Å²) in [5.74, 6) is -0.0945. The van der Waals surface area contributed by atoms with Crippen LogP contribution in [0.5, 0.6) is 0 Å². The summed E-state index contributed by atoms with van der Waals surface area (Å²) in [6, 6.07) is 8.75. The van der Waals surface area contributed by atoms with E-state index in [-0.39, 0.29) is 30.1 Å². The van der Waals surface area contributed by atoms with Gasteiger partial charge in [0.15, 0.2) is 0 Å². The Bertz CT molecular complexity index is 908. The summed E-state index contributed by atoms with van der Waals surface area (Å²) in [5.41, 5.74) is 1.45. The molecule has 0 bridgehead atoms. The molecule has 2 aromatic rings. The molecule has 0 radical (unpaired) electrons. The summed E-state index contributed by atoms with van der Waals surface area (Å²) >= 11 is 12.2. The summed E-state index contributed by atoms with van der Waals surface area (Å²) in [4.78, 5) is 29.1. The van der Waals surface area contributed by atoms with Crippen molar-refractivity contribution in [2.45, 2.75) is 25.4 Å².